The summed E-state index contributed by atoms with van der Waals surface area (Å²) in [5.74, 6) is 0. The first kappa shape index (κ1) is 18.4. The number of nitrogens with zero attached hydrogens (tertiary/aromatic N) is 1. The predicted octanol–water partition coefficient (Wildman–Crippen LogP) is 2.10. The summed E-state index contributed by atoms with van der Waals surface area (Å²) in [5.41, 5.74) is 0.527. The normalized spacial score (nSPS) is 12.7. The van der Waals surface area contributed by atoms with Crippen molar-refractivity contribution in [2.24, 2.45) is 0 Å². The number of rotatable bonds is 6. The molecule has 0 heterocycles. The molecule has 21 heavy (non-hydrogen) atoms. The van der Waals surface area contributed by atoms with E-state index in [9.17, 15) is 16.8 Å². The summed E-state index contributed by atoms with van der Waals surface area (Å²) in [4.78, 5) is 1.98. The molecule has 0 aliphatic rings. The van der Waals surface area contributed by atoms with Gasteiger partial charge in [-0.15, -0.1) is 0 Å². The van der Waals surface area contributed by atoms with Gasteiger partial charge >= 0.3 is 0 Å². The Labute approximate surface area is 135 Å². The maximum absolute atomic E-state index is 12.0. The summed E-state index contributed by atoms with van der Waals surface area (Å²) in [6.45, 7) is 4.54. The first-order chi connectivity index (χ1) is 9.48. The molecule has 0 saturated heterocycles. The minimum atomic E-state index is -3.53. The quantitative estimate of drug-likeness (QED) is 0.687. The molecule has 0 saturated carbocycles. The van der Waals surface area contributed by atoms with E-state index in [0.29, 0.717) is 17.6 Å². The molecule has 0 N–H and O–H groups in total. The van der Waals surface area contributed by atoms with Crippen LogP contribution < -0.4 is 4.90 Å². The van der Waals surface area contributed by atoms with Crippen molar-refractivity contribution in [1.82, 2.24) is 0 Å². The molecule has 0 fully saturated rings. The fourth-order valence-electron chi connectivity index (χ4n) is 2.01. The molecule has 5 nitrogen and oxygen atoms in total. The van der Waals surface area contributed by atoms with E-state index in [0.717, 1.165) is 12.5 Å². The van der Waals surface area contributed by atoms with Crippen LogP contribution in [0, 0.1) is 0 Å². The van der Waals surface area contributed by atoms with E-state index in [1.54, 1.807) is 6.07 Å². The highest BCUT2D eigenvalue weighted by Gasteiger charge is 2.22. The van der Waals surface area contributed by atoms with Gasteiger partial charge in [-0.25, -0.2) is 16.8 Å². The molecule has 0 amide bonds. The highest BCUT2D eigenvalue weighted by atomic mass is 79.9. The summed E-state index contributed by atoms with van der Waals surface area (Å²) >= 11 is 3.35. The van der Waals surface area contributed by atoms with Gasteiger partial charge in [-0.2, -0.15) is 0 Å². The minimum Gasteiger partial charge on any atom is -0.367 e. The van der Waals surface area contributed by atoms with Crippen molar-refractivity contribution in [3.05, 3.63) is 18.2 Å². The SMILES string of the molecule is CC(C)N(CCBr)c1ccc(S(C)(=O)=O)cc1S(C)(=O)=O. The highest BCUT2D eigenvalue weighted by Crippen LogP contribution is 2.29. The fraction of sp³-hybridized carbons (Fsp3) is 0.538. The molecule has 0 aliphatic heterocycles. The Bertz CT molecular complexity index is 712. The van der Waals surface area contributed by atoms with Crippen molar-refractivity contribution in [3.8, 4) is 0 Å². The second kappa shape index (κ2) is 6.66. The fourth-order valence-corrected chi connectivity index (χ4v) is 4.02. The summed E-state index contributed by atoms with van der Waals surface area (Å²) in [6, 6.07) is 4.34. The summed E-state index contributed by atoms with van der Waals surface area (Å²) in [6.07, 6.45) is 2.15. The van der Waals surface area contributed by atoms with Crippen molar-refractivity contribution < 1.29 is 16.8 Å². The van der Waals surface area contributed by atoms with Crippen molar-refractivity contribution in [2.45, 2.75) is 29.7 Å². The van der Waals surface area contributed by atoms with Crippen LogP contribution in [0.2, 0.25) is 0 Å². The Morgan fingerprint density at radius 1 is 1.10 bits per heavy atom. The van der Waals surface area contributed by atoms with Gasteiger partial charge in [-0.05, 0) is 32.0 Å². The van der Waals surface area contributed by atoms with Crippen LogP contribution in [-0.2, 0) is 19.7 Å². The van der Waals surface area contributed by atoms with Gasteiger partial charge in [-0.1, -0.05) is 15.9 Å². The van der Waals surface area contributed by atoms with Gasteiger partial charge in [-0.3, -0.25) is 0 Å². The molecule has 1 aromatic rings. The Hall–Kier alpha value is -0.600. The minimum absolute atomic E-state index is 0.00854. The van der Waals surface area contributed by atoms with Crippen LogP contribution in [0.5, 0.6) is 0 Å². The van der Waals surface area contributed by atoms with Gasteiger partial charge in [0.05, 0.1) is 15.5 Å². The zero-order valence-electron chi connectivity index (χ0n) is 12.5. The monoisotopic (exact) mass is 397 g/mol. The van der Waals surface area contributed by atoms with Crippen LogP contribution in [-0.4, -0.2) is 47.3 Å². The van der Waals surface area contributed by atoms with Gasteiger partial charge in [0, 0.05) is 30.4 Å². The van der Waals surface area contributed by atoms with Crippen LogP contribution in [0.25, 0.3) is 0 Å². The average molecular weight is 398 g/mol. The molecule has 0 unspecified atom stereocenters. The first-order valence-electron chi connectivity index (χ1n) is 6.35. The maximum atomic E-state index is 12.0. The molecule has 0 spiro atoms. The Morgan fingerprint density at radius 2 is 1.67 bits per heavy atom. The molecule has 8 heteroatoms. The molecule has 120 valence electrons. The van der Waals surface area contributed by atoms with Crippen LogP contribution in [0.15, 0.2) is 28.0 Å². The van der Waals surface area contributed by atoms with Crippen molar-refractivity contribution >= 4 is 41.3 Å². The zero-order chi connectivity index (χ0) is 16.4. The van der Waals surface area contributed by atoms with Gasteiger partial charge in [0.1, 0.15) is 0 Å². The molecule has 1 rings (SSSR count). The van der Waals surface area contributed by atoms with Crippen LogP contribution in [0.1, 0.15) is 13.8 Å². The third-order valence-corrected chi connectivity index (χ3v) is 5.61. The molecular formula is C13H20BrNO4S2. The smallest absolute Gasteiger partial charge is 0.177 e. The molecule has 0 aliphatic carbocycles. The van der Waals surface area contributed by atoms with Gasteiger partial charge in [0.15, 0.2) is 19.7 Å². The second-order valence-electron chi connectivity index (χ2n) is 5.15. The molecule has 0 atom stereocenters. The standard InChI is InChI=1S/C13H20BrNO4S2/c1-10(2)15(8-7-14)12-6-5-11(20(3,16)17)9-13(12)21(4,18)19/h5-6,9-10H,7-8H2,1-4H3. The number of hydrogen-bond donors (Lipinski definition) is 0. The van der Waals surface area contributed by atoms with Gasteiger partial charge in [0.25, 0.3) is 0 Å². The highest BCUT2D eigenvalue weighted by molar-refractivity contribution is 9.09. The van der Waals surface area contributed by atoms with E-state index in [2.05, 4.69) is 15.9 Å². The van der Waals surface area contributed by atoms with E-state index in [-0.39, 0.29) is 15.8 Å². The van der Waals surface area contributed by atoms with Crippen LogP contribution >= 0.6 is 15.9 Å². The van der Waals surface area contributed by atoms with Crippen LogP contribution in [0.4, 0.5) is 5.69 Å². The molecule has 1 aromatic carbocycles. The van der Waals surface area contributed by atoms with E-state index < -0.39 is 19.7 Å². The number of anilines is 1. The summed E-state index contributed by atoms with van der Waals surface area (Å²) in [7, 11) is -6.99. The van der Waals surface area contributed by atoms with E-state index in [4.69, 9.17) is 0 Å². The Kier molecular flexibility index (Phi) is 5.85. The lowest BCUT2D eigenvalue weighted by atomic mass is 10.2. The number of halogens is 1. The zero-order valence-corrected chi connectivity index (χ0v) is 15.7. The molecular weight excluding hydrogens is 378 g/mol. The largest absolute Gasteiger partial charge is 0.367 e. The summed E-state index contributed by atoms with van der Waals surface area (Å²) < 4.78 is 47.3. The number of alkyl halides is 1. The maximum Gasteiger partial charge on any atom is 0.177 e. The van der Waals surface area contributed by atoms with E-state index >= 15 is 0 Å². The first-order valence-corrected chi connectivity index (χ1v) is 11.3. The average Bonchev–Trinajstić information content (AvgIpc) is 2.32. The van der Waals surface area contributed by atoms with Gasteiger partial charge in [0.2, 0.25) is 0 Å². The molecule has 0 bridgehead atoms. The van der Waals surface area contributed by atoms with Crippen molar-refractivity contribution in [3.63, 3.8) is 0 Å². The van der Waals surface area contributed by atoms with Crippen LogP contribution in [0.3, 0.4) is 0 Å². The van der Waals surface area contributed by atoms with Gasteiger partial charge < -0.3 is 4.90 Å². The molecule has 0 radical (unpaired) electrons. The summed E-state index contributed by atoms with van der Waals surface area (Å²) in [5, 5.41) is 0.683. The predicted molar refractivity (Wildman–Crippen MR) is 88.9 cm³/mol. The Morgan fingerprint density at radius 3 is 2.05 bits per heavy atom. The Balaban J connectivity index is 3.60. The lowest BCUT2D eigenvalue weighted by Gasteiger charge is -2.30. The van der Waals surface area contributed by atoms with E-state index in [1.807, 2.05) is 18.7 Å². The van der Waals surface area contributed by atoms with Crippen molar-refractivity contribution in [1.29, 1.82) is 0 Å². The third-order valence-electron chi connectivity index (χ3n) is 3.02. The van der Waals surface area contributed by atoms with Crippen molar-refractivity contribution in [2.75, 3.05) is 29.3 Å². The lowest BCUT2D eigenvalue weighted by molar-refractivity contribution is 0.599. The second-order valence-corrected chi connectivity index (χ2v) is 9.94. The number of hydrogen-bond acceptors (Lipinski definition) is 5. The third kappa shape index (κ3) is 4.69. The van der Waals surface area contributed by atoms with E-state index in [1.165, 1.54) is 12.1 Å². The molecule has 0 aromatic heterocycles. The number of sulfone groups is 2. The topological polar surface area (TPSA) is 71.5 Å². The number of benzene rings is 1. The lowest BCUT2D eigenvalue weighted by Crippen LogP contribution is -2.33.